The zero-order valence-corrected chi connectivity index (χ0v) is 10.5. The number of nitrogens with zero attached hydrogens (tertiary/aromatic N) is 1. The van der Waals surface area contributed by atoms with Crippen LogP contribution in [0.2, 0.25) is 0 Å². The maximum atomic E-state index is 11.8. The van der Waals surface area contributed by atoms with E-state index in [1.807, 2.05) is 0 Å². The molecule has 1 aromatic rings. The number of allylic oxidation sites excluding steroid dienone is 2. The summed E-state index contributed by atoms with van der Waals surface area (Å²) < 4.78 is 0. The molecular weight excluding hydrogens is 232 g/mol. The average molecular weight is 248 g/mol. The number of hydrogen-bond donors (Lipinski definition) is 1. The van der Waals surface area contributed by atoms with Crippen LogP contribution in [0.4, 0.5) is 5.13 Å². The molecule has 1 saturated carbocycles. The number of amides is 1. The highest BCUT2D eigenvalue weighted by Crippen LogP contribution is 2.40. The first kappa shape index (κ1) is 11.0. The van der Waals surface area contributed by atoms with Crippen LogP contribution in [0.1, 0.15) is 43.7 Å². The van der Waals surface area contributed by atoms with E-state index in [0.717, 1.165) is 23.7 Å². The lowest BCUT2D eigenvalue weighted by atomic mass is 10.1. The lowest BCUT2D eigenvalue weighted by Gasteiger charge is -2.06. The molecule has 3 rings (SSSR count). The zero-order valence-electron chi connectivity index (χ0n) is 9.69. The second-order valence-electron chi connectivity index (χ2n) is 4.87. The van der Waals surface area contributed by atoms with Crippen molar-refractivity contribution >= 4 is 22.4 Å². The normalized spacial score (nSPS) is 22.9. The summed E-state index contributed by atoms with van der Waals surface area (Å²) in [6.45, 7) is 0. The number of nitrogens with one attached hydrogen (secondary N) is 1. The molecule has 2 aliphatic carbocycles. The van der Waals surface area contributed by atoms with Crippen molar-refractivity contribution in [3.05, 3.63) is 23.2 Å². The average Bonchev–Trinajstić information content (AvgIpc) is 2.84. The van der Waals surface area contributed by atoms with Crippen molar-refractivity contribution < 1.29 is 4.79 Å². The van der Waals surface area contributed by atoms with E-state index < -0.39 is 0 Å². The van der Waals surface area contributed by atoms with E-state index in [-0.39, 0.29) is 5.91 Å². The third-order valence-electron chi connectivity index (χ3n) is 3.32. The maximum Gasteiger partial charge on any atom is 0.226 e. The van der Waals surface area contributed by atoms with Crippen LogP contribution < -0.4 is 5.32 Å². The van der Waals surface area contributed by atoms with Crippen LogP contribution in [0.3, 0.4) is 0 Å². The van der Waals surface area contributed by atoms with Crippen LogP contribution in [0.25, 0.3) is 0 Å². The number of aromatic nitrogens is 1. The van der Waals surface area contributed by atoms with Gasteiger partial charge in [0.2, 0.25) is 5.91 Å². The van der Waals surface area contributed by atoms with Gasteiger partial charge in [-0.1, -0.05) is 12.2 Å². The first-order valence-electron chi connectivity index (χ1n) is 6.23. The van der Waals surface area contributed by atoms with Crippen LogP contribution in [0.5, 0.6) is 0 Å². The van der Waals surface area contributed by atoms with E-state index >= 15 is 0 Å². The molecule has 4 heteroatoms. The van der Waals surface area contributed by atoms with Gasteiger partial charge in [0.1, 0.15) is 0 Å². The molecule has 0 aliphatic heterocycles. The second kappa shape index (κ2) is 4.61. The Labute approximate surface area is 105 Å². The Hall–Kier alpha value is -1.16. The maximum absolute atomic E-state index is 11.8. The molecule has 0 spiro atoms. The largest absolute Gasteiger partial charge is 0.302 e. The minimum Gasteiger partial charge on any atom is -0.302 e. The van der Waals surface area contributed by atoms with E-state index in [4.69, 9.17) is 0 Å². The molecule has 1 fully saturated rings. The molecule has 2 aliphatic rings. The molecule has 1 atom stereocenters. The van der Waals surface area contributed by atoms with Crippen molar-refractivity contribution in [2.24, 2.45) is 5.92 Å². The highest BCUT2D eigenvalue weighted by Gasteiger charge is 2.26. The van der Waals surface area contributed by atoms with Crippen molar-refractivity contribution in [2.75, 3.05) is 5.32 Å². The number of anilines is 1. The van der Waals surface area contributed by atoms with Crippen molar-refractivity contribution in [1.82, 2.24) is 4.98 Å². The number of rotatable bonds is 4. The minimum absolute atomic E-state index is 0.0956. The molecule has 0 aromatic carbocycles. The Bertz CT molecular complexity index is 448. The van der Waals surface area contributed by atoms with Gasteiger partial charge in [0.05, 0.1) is 5.69 Å². The minimum atomic E-state index is 0.0956. The summed E-state index contributed by atoms with van der Waals surface area (Å²) in [4.78, 5) is 16.2. The summed E-state index contributed by atoms with van der Waals surface area (Å²) in [6, 6.07) is 0. The van der Waals surface area contributed by atoms with Gasteiger partial charge < -0.3 is 5.32 Å². The summed E-state index contributed by atoms with van der Waals surface area (Å²) in [5.74, 6) is 1.19. The monoisotopic (exact) mass is 248 g/mol. The van der Waals surface area contributed by atoms with Gasteiger partial charge in [-0.3, -0.25) is 4.79 Å². The van der Waals surface area contributed by atoms with Crippen molar-refractivity contribution in [3.8, 4) is 0 Å². The van der Waals surface area contributed by atoms with Crippen molar-refractivity contribution in [3.63, 3.8) is 0 Å². The van der Waals surface area contributed by atoms with Gasteiger partial charge in [0.25, 0.3) is 0 Å². The SMILES string of the molecule is O=C(C[C@H]1C=CCC1)Nc1nc(C2CC2)cs1. The predicted molar refractivity (Wildman–Crippen MR) is 69.2 cm³/mol. The summed E-state index contributed by atoms with van der Waals surface area (Å²) in [5, 5.41) is 5.74. The highest BCUT2D eigenvalue weighted by atomic mass is 32.1. The molecule has 0 unspecified atom stereocenters. The fourth-order valence-corrected chi connectivity index (χ4v) is 2.99. The first-order chi connectivity index (χ1) is 8.31. The summed E-state index contributed by atoms with van der Waals surface area (Å²) in [7, 11) is 0. The van der Waals surface area contributed by atoms with E-state index in [1.54, 1.807) is 11.3 Å². The Morgan fingerprint density at radius 2 is 2.35 bits per heavy atom. The third kappa shape index (κ3) is 2.75. The smallest absolute Gasteiger partial charge is 0.226 e. The van der Waals surface area contributed by atoms with E-state index in [9.17, 15) is 4.79 Å². The highest BCUT2D eigenvalue weighted by molar-refractivity contribution is 7.13. The van der Waals surface area contributed by atoms with Gasteiger partial charge in [-0.2, -0.15) is 0 Å². The summed E-state index contributed by atoms with van der Waals surface area (Å²) in [6.07, 6.45) is 9.63. The van der Waals surface area contributed by atoms with Gasteiger partial charge in [0.15, 0.2) is 5.13 Å². The molecule has 17 heavy (non-hydrogen) atoms. The van der Waals surface area contributed by atoms with Crippen LogP contribution in [-0.2, 0) is 4.79 Å². The standard InChI is InChI=1S/C13H16N2OS/c16-12(7-9-3-1-2-4-9)15-13-14-11(8-17-13)10-5-6-10/h1,3,8-10H,2,4-7H2,(H,14,15,16)/t9-/m0/s1. The predicted octanol–water partition coefficient (Wildman–Crippen LogP) is 3.32. The first-order valence-corrected chi connectivity index (χ1v) is 7.11. The molecule has 3 nitrogen and oxygen atoms in total. The molecule has 1 N–H and O–H groups in total. The number of carbonyl (C=O) groups is 1. The van der Waals surface area contributed by atoms with E-state index in [2.05, 4.69) is 27.8 Å². The van der Waals surface area contributed by atoms with E-state index in [0.29, 0.717) is 18.3 Å². The van der Waals surface area contributed by atoms with Gasteiger partial charge in [-0.25, -0.2) is 4.98 Å². The summed E-state index contributed by atoms with van der Waals surface area (Å²) in [5.41, 5.74) is 1.16. The number of hydrogen-bond acceptors (Lipinski definition) is 3. The molecule has 1 heterocycles. The van der Waals surface area contributed by atoms with E-state index in [1.165, 1.54) is 12.8 Å². The van der Waals surface area contributed by atoms with Crippen LogP contribution >= 0.6 is 11.3 Å². The fourth-order valence-electron chi connectivity index (χ4n) is 2.18. The van der Waals surface area contributed by atoms with Gasteiger partial charge >= 0.3 is 0 Å². The molecule has 0 saturated heterocycles. The Kier molecular flexibility index (Phi) is 2.97. The van der Waals surface area contributed by atoms with Crippen molar-refractivity contribution in [2.45, 2.75) is 38.0 Å². The molecular formula is C13H16N2OS. The molecule has 90 valence electrons. The quantitative estimate of drug-likeness (QED) is 0.830. The Morgan fingerprint density at radius 3 is 3.06 bits per heavy atom. The number of carbonyl (C=O) groups excluding carboxylic acids is 1. The van der Waals surface area contributed by atoms with Crippen LogP contribution in [0, 0.1) is 5.92 Å². The molecule has 0 radical (unpaired) electrons. The fraction of sp³-hybridized carbons (Fsp3) is 0.538. The zero-order chi connectivity index (χ0) is 11.7. The Morgan fingerprint density at radius 1 is 1.47 bits per heavy atom. The van der Waals surface area contributed by atoms with Gasteiger partial charge in [-0.15, -0.1) is 11.3 Å². The molecule has 1 aromatic heterocycles. The van der Waals surface area contributed by atoms with Crippen LogP contribution in [0.15, 0.2) is 17.5 Å². The lowest BCUT2D eigenvalue weighted by molar-refractivity contribution is -0.116. The topological polar surface area (TPSA) is 42.0 Å². The second-order valence-corrected chi connectivity index (χ2v) is 5.73. The molecule has 1 amide bonds. The molecule has 0 bridgehead atoms. The van der Waals surface area contributed by atoms with Crippen molar-refractivity contribution in [1.29, 1.82) is 0 Å². The lowest BCUT2D eigenvalue weighted by Crippen LogP contribution is -2.14. The Balaban J connectivity index is 1.53. The van der Waals surface area contributed by atoms with Gasteiger partial charge in [-0.05, 0) is 31.6 Å². The third-order valence-corrected chi connectivity index (χ3v) is 4.10. The number of thiazole rings is 1. The van der Waals surface area contributed by atoms with Crippen LogP contribution in [-0.4, -0.2) is 10.9 Å². The van der Waals surface area contributed by atoms with Gasteiger partial charge in [0, 0.05) is 17.7 Å². The summed E-state index contributed by atoms with van der Waals surface area (Å²) >= 11 is 1.54.